The van der Waals surface area contributed by atoms with E-state index in [0.29, 0.717) is 28.7 Å². The van der Waals surface area contributed by atoms with E-state index in [4.69, 9.17) is 9.47 Å². The molecule has 0 radical (unpaired) electrons. The molecule has 1 fully saturated rings. The zero-order valence-electron chi connectivity index (χ0n) is 18.7. The summed E-state index contributed by atoms with van der Waals surface area (Å²) in [5.74, 6) is 0.818. The molecule has 1 amide bonds. The van der Waals surface area contributed by atoms with Crippen LogP contribution in [0.4, 0.5) is 0 Å². The zero-order valence-corrected chi connectivity index (χ0v) is 19.5. The second kappa shape index (κ2) is 9.75. The number of fused-ring (bicyclic) bond motifs is 1. The van der Waals surface area contributed by atoms with Gasteiger partial charge in [-0.25, -0.2) is 14.8 Å². The van der Waals surface area contributed by atoms with Crippen LogP contribution in [0.5, 0.6) is 5.75 Å². The summed E-state index contributed by atoms with van der Waals surface area (Å²) in [6, 6.07) is 7.18. The SMILES string of the molecule is COc1cccc(-c2nc(SCC(=O)NC[C@H]3CCCO3)c3c(=O)n(C)c(=O)n(C)c3n2)c1. The van der Waals surface area contributed by atoms with Gasteiger partial charge in [-0.3, -0.25) is 18.7 Å². The van der Waals surface area contributed by atoms with Crippen LogP contribution in [0.1, 0.15) is 12.8 Å². The maximum absolute atomic E-state index is 12.9. The van der Waals surface area contributed by atoms with Gasteiger partial charge in [0, 0.05) is 32.8 Å². The minimum Gasteiger partial charge on any atom is -0.497 e. The van der Waals surface area contributed by atoms with Crippen LogP contribution in [0.25, 0.3) is 22.4 Å². The molecule has 174 valence electrons. The van der Waals surface area contributed by atoms with Crippen LogP contribution < -0.4 is 21.3 Å². The molecule has 1 aromatic carbocycles. The summed E-state index contributed by atoms with van der Waals surface area (Å²) in [6.07, 6.45) is 1.97. The molecule has 3 heterocycles. The normalized spacial score (nSPS) is 15.7. The summed E-state index contributed by atoms with van der Waals surface area (Å²) < 4.78 is 13.1. The van der Waals surface area contributed by atoms with Crippen molar-refractivity contribution >= 4 is 28.7 Å². The molecular formula is C22H25N5O5S. The number of rotatable bonds is 7. The average Bonchev–Trinajstić information content (AvgIpc) is 3.36. The van der Waals surface area contributed by atoms with Gasteiger partial charge in [0.15, 0.2) is 11.5 Å². The summed E-state index contributed by atoms with van der Waals surface area (Å²) in [6.45, 7) is 1.17. The molecule has 2 aromatic heterocycles. The van der Waals surface area contributed by atoms with Gasteiger partial charge in [0.1, 0.15) is 16.2 Å². The standard InChI is InChI=1S/C22H25N5O5S/c1-26-19-17(21(29)27(2)22(26)30)20(33-12-16(28)23-11-15-8-5-9-32-15)25-18(24-19)13-6-4-7-14(10-13)31-3/h4,6-7,10,15H,5,8-9,11-12H2,1-3H3,(H,23,28)/t15-/m1/s1. The van der Waals surface area contributed by atoms with Gasteiger partial charge in [0.2, 0.25) is 5.91 Å². The number of nitrogens with one attached hydrogen (secondary N) is 1. The molecule has 11 heteroatoms. The first-order chi connectivity index (χ1) is 15.9. The van der Waals surface area contributed by atoms with Crippen molar-refractivity contribution in [2.45, 2.75) is 24.0 Å². The fourth-order valence-corrected chi connectivity index (χ4v) is 4.49. The summed E-state index contributed by atoms with van der Waals surface area (Å²) in [7, 11) is 4.52. The number of aromatic nitrogens is 4. The number of carbonyl (C=O) groups excluding carboxylic acids is 1. The van der Waals surface area contributed by atoms with E-state index in [1.54, 1.807) is 32.4 Å². The number of hydrogen-bond acceptors (Lipinski definition) is 8. The van der Waals surface area contributed by atoms with Gasteiger partial charge in [0.05, 0.1) is 19.0 Å². The lowest BCUT2D eigenvalue weighted by atomic mass is 10.2. The second-order valence-electron chi connectivity index (χ2n) is 7.72. The first kappa shape index (κ1) is 23.0. The molecule has 10 nitrogen and oxygen atoms in total. The monoisotopic (exact) mass is 471 g/mol. The lowest BCUT2D eigenvalue weighted by molar-refractivity contribution is -0.119. The van der Waals surface area contributed by atoms with Gasteiger partial charge >= 0.3 is 5.69 Å². The van der Waals surface area contributed by atoms with Gasteiger partial charge in [-0.15, -0.1) is 0 Å². The maximum atomic E-state index is 12.9. The zero-order chi connectivity index (χ0) is 23.5. The Bertz CT molecular complexity index is 1310. The average molecular weight is 472 g/mol. The molecule has 4 rings (SSSR count). The van der Waals surface area contributed by atoms with E-state index in [9.17, 15) is 14.4 Å². The van der Waals surface area contributed by atoms with Crippen molar-refractivity contribution in [3.63, 3.8) is 0 Å². The summed E-state index contributed by atoms with van der Waals surface area (Å²) in [5, 5.41) is 3.40. The number of ether oxygens (including phenoxy) is 2. The van der Waals surface area contributed by atoms with Gasteiger partial charge in [-0.1, -0.05) is 23.9 Å². The fraction of sp³-hybridized carbons (Fsp3) is 0.409. The van der Waals surface area contributed by atoms with E-state index in [1.165, 1.54) is 11.6 Å². The Kier molecular flexibility index (Phi) is 6.80. The predicted octanol–water partition coefficient (Wildman–Crippen LogP) is 1.09. The van der Waals surface area contributed by atoms with Crippen molar-refractivity contribution in [1.82, 2.24) is 24.4 Å². The van der Waals surface area contributed by atoms with Crippen molar-refractivity contribution in [2.24, 2.45) is 14.1 Å². The van der Waals surface area contributed by atoms with Gasteiger partial charge in [-0.05, 0) is 25.0 Å². The Morgan fingerprint density at radius 3 is 2.82 bits per heavy atom. The number of thioether (sulfide) groups is 1. The molecule has 1 aliphatic rings. The third-order valence-electron chi connectivity index (χ3n) is 5.49. The Morgan fingerprint density at radius 1 is 1.27 bits per heavy atom. The molecule has 0 saturated carbocycles. The van der Waals surface area contributed by atoms with Crippen LogP contribution >= 0.6 is 11.8 Å². The van der Waals surface area contributed by atoms with Gasteiger partial charge in [0.25, 0.3) is 5.56 Å². The van der Waals surface area contributed by atoms with E-state index in [0.717, 1.165) is 35.8 Å². The maximum Gasteiger partial charge on any atom is 0.332 e. The van der Waals surface area contributed by atoms with Crippen LogP contribution in [-0.2, 0) is 23.6 Å². The highest BCUT2D eigenvalue weighted by atomic mass is 32.2. The number of methoxy groups -OCH3 is 1. The third kappa shape index (κ3) is 4.79. The summed E-state index contributed by atoms with van der Waals surface area (Å²) >= 11 is 1.13. The first-order valence-electron chi connectivity index (χ1n) is 10.5. The number of carbonyl (C=O) groups is 1. The predicted molar refractivity (Wildman–Crippen MR) is 125 cm³/mol. The van der Waals surface area contributed by atoms with E-state index < -0.39 is 11.2 Å². The second-order valence-corrected chi connectivity index (χ2v) is 8.68. The lowest BCUT2D eigenvalue weighted by Gasteiger charge is -2.13. The van der Waals surface area contributed by atoms with Crippen molar-refractivity contribution in [3.8, 4) is 17.1 Å². The molecule has 1 saturated heterocycles. The minimum absolute atomic E-state index is 0.0420. The Balaban J connectivity index is 1.71. The highest BCUT2D eigenvalue weighted by Crippen LogP contribution is 2.27. The molecular weight excluding hydrogens is 446 g/mol. The Labute approximate surface area is 193 Å². The quantitative estimate of drug-likeness (QED) is 0.402. The number of amides is 1. The van der Waals surface area contributed by atoms with E-state index in [1.807, 2.05) is 6.07 Å². The fourth-order valence-electron chi connectivity index (χ4n) is 3.64. The van der Waals surface area contributed by atoms with Crippen molar-refractivity contribution < 1.29 is 14.3 Å². The highest BCUT2D eigenvalue weighted by Gasteiger charge is 2.20. The third-order valence-corrected chi connectivity index (χ3v) is 6.46. The van der Waals surface area contributed by atoms with Crippen LogP contribution in [0.2, 0.25) is 0 Å². The Hall–Kier alpha value is -3.18. The first-order valence-corrected chi connectivity index (χ1v) is 11.5. The molecule has 33 heavy (non-hydrogen) atoms. The number of aryl methyl sites for hydroxylation is 1. The molecule has 0 spiro atoms. The molecule has 1 N–H and O–H groups in total. The topological polar surface area (TPSA) is 117 Å². The number of hydrogen-bond donors (Lipinski definition) is 1. The van der Waals surface area contributed by atoms with Crippen LogP contribution in [0.3, 0.4) is 0 Å². The number of benzene rings is 1. The van der Waals surface area contributed by atoms with Crippen molar-refractivity contribution in [2.75, 3.05) is 26.0 Å². The van der Waals surface area contributed by atoms with E-state index in [-0.39, 0.29) is 28.8 Å². The van der Waals surface area contributed by atoms with Crippen LogP contribution in [0, 0.1) is 0 Å². The van der Waals surface area contributed by atoms with Crippen LogP contribution in [0.15, 0.2) is 38.9 Å². The van der Waals surface area contributed by atoms with Crippen molar-refractivity contribution in [1.29, 1.82) is 0 Å². The van der Waals surface area contributed by atoms with Crippen LogP contribution in [-0.4, -0.2) is 57.1 Å². The molecule has 3 aromatic rings. The molecule has 1 atom stereocenters. The van der Waals surface area contributed by atoms with Gasteiger partial charge < -0.3 is 14.8 Å². The molecule has 1 aliphatic heterocycles. The molecule has 0 aliphatic carbocycles. The highest BCUT2D eigenvalue weighted by molar-refractivity contribution is 8.00. The summed E-state index contributed by atoms with van der Waals surface area (Å²) in [4.78, 5) is 47.0. The largest absolute Gasteiger partial charge is 0.497 e. The lowest BCUT2D eigenvalue weighted by Crippen LogP contribution is -2.38. The molecule has 0 bridgehead atoms. The van der Waals surface area contributed by atoms with Crippen molar-refractivity contribution in [3.05, 3.63) is 45.1 Å². The molecule has 0 unspecified atom stereocenters. The number of nitrogens with zero attached hydrogens (tertiary/aromatic N) is 4. The van der Waals surface area contributed by atoms with E-state index in [2.05, 4.69) is 15.3 Å². The van der Waals surface area contributed by atoms with Gasteiger partial charge in [-0.2, -0.15) is 0 Å². The minimum atomic E-state index is -0.507. The van der Waals surface area contributed by atoms with E-state index >= 15 is 0 Å². The Morgan fingerprint density at radius 2 is 2.09 bits per heavy atom. The summed E-state index contributed by atoms with van der Waals surface area (Å²) in [5.41, 5.74) is -0.132. The smallest absolute Gasteiger partial charge is 0.332 e.